The van der Waals surface area contributed by atoms with Gasteiger partial charge in [-0.3, -0.25) is 0 Å². The molecule has 0 bridgehead atoms. The van der Waals surface area contributed by atoms with Gasteiger partial charge in [0, 0.05) is 12.7 Å². The van der Waals surface area contributed by atoms with Crippen LogP contribution in [-0.2, 0) is 6.54 Å². The second kappa shape index (κ2) is 5.33. The van der Waals surface area contributed by atoms with Crippen LogP contribution in [0.1, 0.15) is 11.1 Å². The number of pyridine rings is 1. The molecule has 0 aliphatic carbocycles. The minimum atomic E-state index is 0.587. The van der Waals surface area contributed by atoms with Crippen molar-refractivity contribution in [2.75, 3.05) is 5.32 Å². The Labute approximate surface area is 105 Å². The van der Waals surface area contributed by atoms with Crippen molar-refractivity contribution in [3.8, 4) is 6.07 Å². The summed E-state index contributed by atoms with van der Waals surface area (Å²) in [6, 6.07) is 13.1. The normalized spacial score (nSPS) is 9.65. The number of nitriles is 1. The van der Waals surface area contributed by atoms with Gasteiger partial charge in [0.1, 0.15) is 5.82 Å². The average molecular weight is 244 g/mol. The summed E-state index contributed by atoms with van der Waals surface area (Å²) in [6.07, 6.45) is 1.68. The highest BCUT2D eigenvalue weighted by atomic mass is 35.5. The van der Waals surface area contributed by atoms with Crippen LogP contribution in [0.2, 0.25) is 5.02 Å². The van der Waals surface area contributed by atoms with Crippen molar-refractivity contribution in [1.82, 2.24) is 4.98 Å². The number of hydrogen-bond acceptors (Lipinski definition) is 3. The van der Waals surface area contributed by atoms with E-state index >= 15 is 0 Å². The second-order valence-electron chi connectivity index (χ2n) is 3.50. The van der Waals surface area contributed by atoms with Gasteiger partial charge in [-0.1, -0.05) is 23.7 Å². The molecule has 0 aliphatic rings. The lowest BCUT2D eigenvalue weighted by atomic mass is 10.1. The molecule has 0 spiro atoms. The molecule has 1 heterocycles. The van der Waals surface area contributed by atoms with Crippen molar-refractivity contribution in [3.63, 3.8) is 0 Å². The van der Waals surface area contributed by atoms with Crippen LogP contribution < -0.4 is 5.32 Å². The van der Waals surface area contributed by atoms with E-state index in [0.29, 0.717) is 22.9 Å². The van der Waals surface area contributed by atoms with Crippen molar-refractivity contribution >= 4 is 17.4 Å². The Morgan fingerprint density at radius 3 is 2.94 bits per heavy atom. The highest BCUT2D eigenvalue weighted by Crippen LogP contribution is 2.18. The van der Waals surface area contributed by atoms with Crippen LogP contribution in [0.15, 0.2) is 42.6 Å². The third-order valence-electron chi connectivity index (χ3n) is 2.27. The zero-order valence-corrected chi connectivity index (χ0v) is 9.78. The Morgan fingerprint density at radius 1 is 1.29 bits per heavy atom. The van der Waals surface area contributed by atoms with Gasteiger partial charge in [0.25, 0.3) is 0 Å². The monoisotopic (exact) mass is 243 g/mol. The highest BCUT2D eigenvalue weighted by molar-refractivity contribution is 6.32. The molecule has 0 saturated heterocycles. The van der Waals surface area contributed by atoms with Gasteiger partial charge in [0.15, 0.2) is 0 Å². The maximum atomic E-state index is 8.79. The van der Waals surface area contributed by atoms with E-state index in [-0.39, 0.29) is 0 Å². The van der Waals surface area contributed by atoms with Crippen LogP contribution in [0.3, 0.4) is 0 Å². The Bertz CT molecular complexity index is 561. The van der Waals surface area contributed by atoms with E-state index in [9.17, 15) is 0 Å². The fourth-order valence-electron chi connectivity index (χ4n) is 1.45. The maximum Gasteiger partial charge on any atom is 0.145 e. The molecule has 0 aliphatic heterocycles. The number of nitrogens with zero attached hydrogens (tertiary/aromatic N) is 2. The molecule has 0 amide bonds. The van der Waals surface area contributed by atoms with Gasteiger partial charge in [-0.2, -0.15) is 5.26 Å². The number of benzene rings is 1. The molecular formula is C13H10ClN3. The van der Waals surface area contributed by atoms with Crippen LogP contribution in [0.25, 0.3) is 0 Å². The van der Waals surface area contributed by atoms with Crippen LogP contribution in [0.5, 0.6) is 0 Å². The van der Waals surface area contributed by atoms with E-state index in [4.69, 9.17) is 16.9 Å². The summed E-state index contributed by atoms with van der Waals surface area (Å²) in [5.74, 6) is 0.650. The van der Waals surface area contributed by atoms with E-state index in [1.165, 1.54) is 0 Å². The van der Waals surface area contributed by atoms with Crippen LogP contribution in [0, 0.1) is 11.3 Å². The molecule has 0 saturated carbocycles. The van der Waals surface area contributed by atoms with Gasteiger partial charge in [0.2, 0.25) is 0 Å². The number of halogens is 1. The van der Waals surface area contributed by atoms with Crippen molar-refractivity contribution < 1.29 is 0 Å². The first-order valence-corrected chi connectivity index (χ1v) is 5.51. The summed E-state index contributed by atoms with van der Waals surface area (Å²) < 4.78 is 0. The largest absolute Gasteiger partial charge is 0.365 e. The Kier molecular flexibility index (Phi) is 3.59. The topological polar surface area (TPSA) is 48.7 Å². The highest BCUT2D eigenvalue weighted by Gasteiger charge is 2.00. The molecule has 2 rings (SSSR count). The molecule has 0 radical (unpaired) electrons. The summed E-state index contributed by atoms with van der Waals surface area (Å²) >= 11 is 5.97. The van der Waals surface area contributed by atoms with Gasteiger partial charge in [0.05, 0.1) is 16.7 Å². The fourth-order valence-corrected chi connectivity index (χ4v) is 1.64. The van der Waals surface area contributed by atoms with E-state index in [0.717, 1.165) is 5.56 Å². The Hall–Kier alpha value is -2.05. The summed E-state index contributed by atoms with van der Waals surface area (Å²) in [7, 11) is 0. The lowest BCUT2D eigenvalue weighted by Gasteiger charge is -2.07. The Balaban J connectivity index is 2.08. The third-order valence-corrected chi connectivity index (χ3v) is 2.58. The third kappa shape index (κ3) is 2.96. The molecule has 1 aromatic heterocycles. The van der Waals surface area contributed by atoms with Crippen LogP contribution in [-0.4, -0.2) is 4.98 Å². The van der Waals surface area contributed by atoms with E-state index in [2.05, 4.69) is 16.4 Å². The maximum absolute atomic E-state index is 8.79. The smallest absolute Gasteiger partial charge is 0.145 e. The second-order valence-corrected chi connectivity index (χ2v) is 3.91. The summed E-state index contributed by atoms with van der Waals surface area (Å²) in [5.41, 5.74) is 1.67. The number of hydrogen-bond donors (Lipinski definition) is 1. The van der Waals surface area contributed by atoms with Crippen molar-refractivity contribution in [2.45, 2.75) is 6.54 Å². The number of nitrogens with one attached hydrogen (secondary N) is 1. The molecular weight excluding hydrogens is 234 g/mol. The van der Waals surface area contributed by atoms with Gasteiger partial charge < -0.3 is 5.32 Å². The molecule has 84 valence electrons. The van der Waals surface area contributed by atoms with E-state index in [1.807, 2.05) is 18.2 Å². The lowest BCUT2D eigenvalue weighted by molar-refractivity contribution is 1.11. The van der Waals surface area contributed by atoms with Crippen molar-refractivity contribution in [2.24, 2.45) is 0 Å². The molecule has 1 N–H and O–H groups in total. The van der Waals surface area contributed by atoms with E-state index in [1.54, 1.807) is 24.4 Å². The number of aromatic nitrogens is 1. The first kappa shape index (κ1) is 11.4. The van der Waals surface area contributed by atoms with Crippen LogP contribution in [0.4, 0.5) is 5.82 Å². The zero-order valence-electron chi connectivity index (χ0n) is 9.02. The van der Waals surface area contributed by atoms with Gasteiger partial charge >= 0.3 is 0 Å². The van der Waals surface area contributed by atoms with Crippen LogP contribution >= 0.6 is 11.6 Å². The zero-order chi connectivity index (χ0) is 12.1. The molecule has 0 fully saturated rings. The predicted octanol–water partition coefficient (Wildman–Crippen LogP) is 3.22. The molecule has 1 aromatic carbocycles. The average Bonchev–Trinajstić information content (AvgIpc) is 2.38. The quantitative estimate of drug-likeness (QED) is 0.901. The first-order valence-electron chi connectivity index (χ1n) is 5.13. The van der Waals surface area contributed by atoms with E-state index < -0.39 is 0 Å². The molecule has 17 heavy (non-hydrogen) atoms. The molecule has 0 atom stereocenters. The minimum Gasteiger partial charge on any atom is -0.365 e. The summed E-state index contributed by atoms with van der Waals surface area (Å²) in [6.45, 7) is 0.590. The van der Waals surface area contributed by atoms with Crippen molar-refractivity contribution in [1.29, 1.82) is 5.26 Å². The molecule has 3 nitrogen and oxygen atoms in total. The van der Waals surface area contributed by atoms with Gasteiger partial charge in [-0.25, -0.2) is 4.98 Å². The fraction of sp³-hybridized carbons (Fsp3) is 0.0769. The Morgan fingerprint density at radius 2 is 2.18 bits per heavy atom. The summed E-state index contributed by atoms with van der Waals surface area (Å²) in [4.78, 5) is 4.13. The molecule has 4 heteroatoms. The molecule has 2 aromatic rings. The predicted molar refractivity (Wildman–Crippen MR) is 67.7 cm³/mol. The summed E-state index contributed by atoms with van der Waals surface area (Å²) in [5, 5.41) is 12.5. The standard InChI is InChI=1S/C13H10ClN3/c14-12-5-2-6-16-13(12)17-9-11-4-1-3-10(7-11)8-15/h1-7H,9H2,(H,16,17). The molecule has 0 unspecified atom stereocenters. The minimum absolute atomic E-state index is 0.587. The number of rotatable bonds is 3. The first-order chi connectivity index (χ1) is 8.29. The van der Waals surface area contributed by atoms with Gasteiger partial charge in [-0.15, -0.1) is 0 Å². The lowest BCUT2D eigenvalue weighted by Crippen LogP contribution is -2.01. The number of anilines is 1. The SMILES string of the molecule is N#Cc1cccc(CNc2ncccc2Cl)c1. The van der Waals surface area contributed by atoms with Gasteiger partial charge in [-0.05, 0) is 29.8 Å². The van der Waals surface area contributed by atoms with Crippen molar-refractivity contribution in [3.05, 3.63) is 58.7 Å².